The lowest BCUT2D eigenvalue weighted by Crippen LogP contribution is -2.24. The number of carbonyl (C=O) groups excluding carboxylic acids is 1. The zero-order chi connectivity index (χ0) is 23.2. The normalized spacial score (nSPS) is 11.0. The van der Waals surface area contributed by atoms with Gasteiger partial charge in [0.15, 0.2) is 5.65 Å². The Labute approximate surface area is 192 Å². The summed E-state index contributed by atoms with van der Waals surface area (Å²) in [6.07, 6.45) is 3.04. The van der Waals surface area contributed by atoms with Crippen LogP contribution in [-0.2, 0) is 0 Å². The summed E-state index contributed by atoms with van der Waals surface area (Å²) in [6.45, 7) is 5.24. The van der Waals surface area contributed by atoms with Crippen LogP contribution >= 0.6 is 0 Å². The van der Waals surface area contributed by atoms with E-state index >= 15 is 0 Å². The number of aromatic nitrogens is 3. The number of rotatable bonds is 9. The highest BCUT2D eigenvalue weighted by atomic mass is 19.1. The van der Waals surface area contributed by atoms with Crippen LogP contribution in [0.4, 0.5) is 4.39 Å². The number of ether oxygens (including phenoxy) is 1. The number of amides is 1. The molecule has 0 fully saturated rings. The topological polar surface area (TPSA) is 79.9 Å². The van der Waals surface area contributed by atoms with E-state index in [0.29, 0.717) is 41.1 Å². The molecule has 2 heterocycles. The monoisotopic (exact) mass is 446 g/mol. The third-order valence-electron chi connectivity index (χ3n) is 5.43. The summed E-state index contributed by atoms with van der Waals surface area (Å²) in [7, 11) is 0. The van der Waals surface area contributed by atoms with Gasteiger partial charge in [-0.3, -0.25) is 9.89 Å². The Morgan fingerprint density at radius 1 is 1.03 bits per heavy atom. The molecule has 33 heavy (non-hydrogen) atoms. The molecule has 0 atom stereocenters. The summed E-state index contributed by atoms with van der Waals surface area (Å²) in [5.41, 5.74) is 3.77. The average Bonchev–Trinajstić information content (AvgIpc) is 3.26. The molecule has 0 unspecified atom stereocenters. The zero-order valence-electron chi connectivity index (χ0n) is 18.8. The molecule has 0 aliphatic heterocycles. The molecule has 0 aliphatic rings. The second kappa shape index (κ2) is 10.3. The van der Waals surface area contributed by atoms with E-state index in [9.17, 15) is 9.18 Å². The van der Waals surface area contributed by atoms with Gasteiger partial charge in [0.05, 0.1) is 28.9 Å². The molecule has 2 N–H and O–H groups in total. The molecular formula is C26H27FN4O2. The van der Waals surface area contributed by atoms with Crippen molar-refractivity contribution in [3.63, 3.8) is 0 Å². The molecule has 2 aromatic heterocycles. The van der Waals surface area contributed by atoms with Crippen molar-refractivity contribution in [3.8, 4) is 28.3 Å². The van der Waals surface area contributed by atoms with Crippen molar-refractivity contribution in [1.29, 1.82) is 0 Å². The van der Waals surface area contributed by atoms with E-state index in [1.165, 1.54) is 12.1 Å². The minimum absolute atomic E-state index is 0.185. The maximum Gasteiger partial charge on any atom is 0.252 e. The lowest BCUT2D eigenvalue weighted by Gasteiger charge is -2.10. The Morgan fingerprint density at radius 3 is 2.45 bits per heavy atom. The van der Waals surface area contributed by atoms with Crippen molar-refractivity contribution in [2.45, 2.75) is 33.1 Å². The van der Waals surface area contributed by atoms with Crippen molar-refractivity contribution in [2.75, 3.05) is 13.2 Å². The number of benzene rings is 2. The summed E-state index contributed by atoms with van der Waals surface area (Å²) < 4.78 is 19.0. The van der Waals surface area contributed by atoms with E-state index in [-0.39, 0.29) is 11.7 Å². The quantitative estimate of drug-likeness (QED) is 0.321. The first-order valence-electron chi connectivity index (χ1n) is 11.3. The number of H-pyrrole nitrogens is 1. The first-order chi connectivity index (χ1) is 16.1. The van der Waals surface area contributed by atoms with Gasteiger partial charge < -0.3 is 10.1 Å². The highest BCUT2D eigenvalue weighted by Crippen LogP contribution is 2.32. The summed E-state index contributed by atoms with van der Waals surface area (Å²) >= 11 is 0. The molecule has 0 spiro atoms. The predicted molar refractivity (Wildman–Crippen MR) is 128 cm³/mol. The van der Waals surface area contributed by atoms with Gasteiger partial charge in [0, 0.05) is 17.7 Å². The summed E-state index contributed by atoms with van der Waals surface area (Å²) in [5, 5.41) is 11.0. The number of nitrogens with one attached hydrogen (secondary N) is 2. The van der Waals surface area contributed by atoms with Gasteiger partial charge in [-0.25, -0.2) is 9.37 Å². The molecule has 0 radical (unpaired) electrons. The Hall–Kier alpha value is -3.74. The molecule has 4 aromatic rings. The fraction of sp³-hybridized carbons (Fsp3) is 0.269. The molecule has 7 heteroatoms. The van der Waals surface area contributed by atoms with Crippen LogP contribution in [0.25, 0.3) is 33.5 Å². The van der Waals surface area contributed by atoms with Gasteiger partial charge in [-0.1, -0.05) is 19.8 Å². The molecule has 1 amide bonds. The highest BCUT2D eigenvalue weighted by Gasteiger charge is 2.20. The van der Waals surface area contributed by atoms with E-state index in [1.807, 2.05) is 31.2 Å². The van der Waals surface area contributed by atoms with Crippen LogP contribution in [0.2, 0.25) is 0 Å². The van der Waals surface area contributed by atoms with Crippen LogP contribution in [0.15, 0.2) is 54.6 Å². The minimum Gasteiger partial charge on any atom is -0.494 e. The zero-order valence-corrected chi connectivity index (χ0v) is 18.8. The van der Waals surface area contributed by atoms with Crippen LogP contribution in [0.5, 0.6) is 5.75 Å². The van der Waals surface area contributed by atoms with Gasteiger partial charge in [0.2, 0.25) is 0 Å². The van der Waals surface area contributed by atoms with Crippen molar-refractivity contribution in [1.82, 2.24) is 20.5 Å². The molecule has 0 saturated carbocycles. The van der Waals surface area contributed by atoms with Gasteiger partial charge in [0.1, 0.15) is 11.6 Å². The van der Waals surface area contributed by atoms with Crippen molar-refractivity contribution >= 4 is 16.9 Å². The number of carbonyl (C=O) groups is 1. The number of hydrogen-bond donors (Lipinski definition) is 2. The van der Waals surface area contributed by atoms with Crippen LogP contribution < -0.4 is 10.1 Å². The highest BCUT2D eigenvalue weighted by molar-refractivity contribution is 6.10. The van der Waals surface area contributed by atoms with Gasteiger partial charge in [-0.2, -0.15) is 5.10 Å². The van der Waals surface area contributed by atoms with E-state index in [2.05, 4.69) is 22.4 Å². The summed E-state index contributed by atoms with van der Waals surface area (Å²) in [5.74, 6) is 0.261. The maximum atomic E-state index is 13.5. The Bertz CT molecular complexity index is 1230. The Morgan fingerprint density at radius 2 is 1.76 bits per heavy atom. The van der Waals surface area contributed by atoms with E-state index < -0.39 is 0 Å². The minimum atomic E-state index is -0.327. The van der Waals surface area contributed by atoms with Gasteiger partial charge in [0.25, 0.3) is 5.91 Å². The standard InChI is InChI=1S/C26H27FN4O2/c1-3-5-6-15-28-26(32)21-16-22(17-9-13-20(14-10-17)33-4-2)29-25-23(21)24(30-31-25)18-7-11-19(27)12-8-18/h7-14,16H,3-6,15H2,1-2H3,(H,28,32)(H,29,30,31). The fourth-order valence-corrected chi connectivity index (χ4v) is 3.74. The lowest BCUT2D eigenvalue weighted by atomic mass is 10.0. The second-order valence-electron chi connectivity index (χ2n) is 7.78. The number of fused-ring (bicyclic) bond motifs is 1. The molecule has 0 bridgehead atoms. The van der Waals surface area contributed by atoms with Crippen LogP contribution in [-0.4, -0.2) is 34.2 Å². The number of unbranched alkanes of at least 4 members (excludes halogenated alkanes) is 2. The molecule has 0 aliphatic carbocycles. The number of hydrogen-bond acceptors (Lipinski definition) is 4. The third-order valence-corrected chi connectivity index (χ3v) is 5.43. The van der Waals surface area contributed by atoms with Crippen LogP contribution in [0.3, 0.4) is 0 Å². The predicted octanol–water partition coefficient (Wildman–Crippen LogP) is 5.75. The van der Waals surface area contributed by atoms with Crippen molar-refractivity contribution in [3.05, 3.63) is 66.0 Å². The van der Waals surface area contributed by atoms with E-state index in [4.69, 9.17) is 9.72 Å². The van der Waals surface area contributed by atoms with Crippen LogP contribution in [0, 0.1) is 5.82 Å². The first-order valence-corrected chi connectivity index (χ1v) is 11.3. The first kappa shape index (κ1) is 22.5. The molecule has 2 aromatic carbocycles. The number of nitrogens with zero attached hydrogens (tertiary/aromatic N) is 2. The molecule has 170 valence electrons. The summed E-state index contributed by atoms with van der Waals surface area (Å²) in [6, 6.07) is 15.5. The van der Waals surface area contributed by atoms with E-state index in [0.717, 1.165) is 36.1 Å². The lowest BCUT2D eigenvalue weighted by molar-refractivity contribution is 0.0954. The maximum absolute atomic E-state index is 13.5. The van der Waals surface area contributed by atoms with Gasteiger partial charge >= 0.3 is 0 Å². The van der Waals surface area contributed by atoms with Gasteiger partial charge in [-0.05, 0) is 67.9 Å². The number of halogens is 1. The van der Waals surface area contributed by atoms with E-state index in [1.54, 1.807) is 18.2 Å². The molecular weight excluding hydrogens is 419 g/mol. The average molecular weight is 447 g/mol. The SMILES string of the molecule is CCCCCNC(=O)c1cc(-c2ccc(OCC)cc2)nc2n[nH]c(-c3ccc(F)cc3)c12. The van der Waals surface area contributed by atoms with Crippen molar-refractivity contribution in [2.24, 2.45) is 0 Å². The largest absolute Gasteiger partial charge is 0.494 e. The smallest absolute Gasteiger partial charge is 0.252 e. The fourth-order valence-electron chi connectivity index (χ4n) is 3.74. The Balaban J connectivity index is 1.78. The molecule has 6 nitrogen and oxygen atoms in total. The number of aromatic amines is 1. The van der Waals surface area contributed by atoms with Gasteiger partial charge in [-0.15, -0.1) is 0 Å². The second-order valence-corrected chi connectivity index (χ2v) is 7.78. The van der Waals surface area contributed by atoms with Crippen LogP contribution in [0.1, 0.15) is 43.5 Å². The van der Waals surface area contributed by atoms with Crippen molar-refractivity contribution < 1.29 is 13.9 Å². The molecule has 4 rings (SSSR count). The Kier molecular flexibility index (Phi) is 6.98. The number of pyridine rings is 1. The molecule has 0 saturated heterocycles. The summed E-state index contributed by atoms with van der Waals surface area (Å²) in [4.78, 5) is 17.9. The third kappa shape index (κ3) is 5.03.